The number of nitrogens with zero attached hydrogens (tertiary/aromatic N) is 2. The Bertz CT molecular complexity index is 931. The number of ether oxygens (including phenoxy) is 1. The third kappa shape index (κ3) is 3.85. The van der Waals surface area contributed by atoms with Crippen molar-refractivity contribution in [3.63, 3.8) is 0 Å². The number of rotatable bonds is 5. The van der Waals surface area contributed by atoms with Crippen molar-refractivity contribution >= 4 is 23.2 Å². The van der Waals surface area contributed by atoms with E-state index in [0.717, 1.165) is 12.0 Å². The highest BCUT2D eigenvalue weighted by Gasteiger charge is 2.13. The number of hydrogen-bond acceptors (Lipinski definition) is 4. The van der Waals surface area contributed by atoms with Crippen LogP contribution in [-0.4, -0.2) is 27.9 Å². The van der Waals surface area contributed by atoms with Crippen LogP contribution in [0.25, 0.3) is 5.65 Å². The quantitative estimate of drug-likeness (QED) is 0.724. The average molecular weight is 337 g/mol. The molecule has 0 bridgehead atoms. The topological polar surface area (TPSA) is 72.7 Å². The molecule has 3 rings (SSSR count). The zero-order chi connectivity index (χ0) is 17.8. The third-order valence-corrected chi connectivity index (χ3v) is 3.64. The fraction of sp³-hybridized carbons (Fsp3) is 0.211. The molecule has 0 radical (unpaired) electrons. The van der Waals surface area contributed by atoms with E-state index in [2.05, 4.69) is 10.3 Å². The van der Waals surface area contributed by atoms with Crippen LogP contribution in [0, 0.1) is 6.92 Å². The number of imidazole rings is 1. The predicted molar refractivity (Wildman–Crippen MR) is 94.9 cm³/mol. The van der Waals surface area contributed by atoms with E-state index in [1.165, 1.54) is 0 Å². The molecule has 3 aromatic rings. The second kappa shape index (κ2) is 7.17. The highest BCUT2D eigenvalue weighted by atomic mass is 16.5. The first-order valence-corrected chi connectivity index (χ1v) is 8.10. The fourth-order valence-electron chi connectivity index (χ4n) is 2.39. The van der Waals surface area contributed by atoms with Crippen LogP contribution in [0.15, 0.2) is 48.8 Å². The molecule has 0 aliphatic carbocycles. The number of aromatic nitrogens is 2. The molecule has 0 saturated carbocycles. The van der Waals surface area contributed by atoms with Crippen molar-refractivity contribution in [2.45, 2.75) is 20.3 Å². The number of hydrogen-bond donors (Lipinski definition) is 1. The molecule has 1 amide bonds. The molecule has 6 nitrogen and oxygen atoms in total. The second-order valence-corrected chi connectivity index (χ2v) is 5.77. The molecule has 0 aliphatic heterocycles. The summed E-state index contributed by atoms with van der Waals surface area (Å²) < 4.78 is 6.90. The van der Waals surface area contributed by atoms with Gasteiger partial charge >= 0.3 is 5.97 Å². The summed E-state index contributed by atoms with van der Waals surface area (Å²) in [6, 6.07) is 10.5. The van der Waals surface area contributed by atoms with Crippen molar-refractivity contribution in [2.24, 2.45) is 0 Å². The molecule has 25 heavy (non-hydrogen) atoms. The van der Waals surface area contributed by atoms with Crippen molar-refractivity contribution < 1.29 is 14.3 Å². The lowest BCUT2D eigenvalue weighted by Crippen LogP contribution is -2.13. The maximum Gasteiger partial charge on any atom is 0.338 e. The fourth-order valence-corrected chi connectivity index (χ4v) is 2.39. The lowest BCUT2D eigenvalue weighted by atomic mass is 10.2. The number of esters is 1. The van der Waals surface area contributed by atoms with Gasteiger partial charge in [-0.05, 0) is 49.2 Å². The molecule has 2 aromatic heterocycles. The van der Waals surface area contributed by atoms with Crippen molar-refractivity contribution in [3.05, 3.63) is 65.6 Å². The Morgan fingerprint density at radius 2 is 2.08 bits per heavy atom. The predicted octanol–water partition coefficient (Wildman–Crippen LogP) is 3.46. The van der Waals surface area contributed by atoms with Gasteiger partial charge in [0.2, 0.25) is 0 Å². The number of anilines is 1. The van der Waals surface area contributed by atoms with Crippen LogP contribution in [-0.2, 0) is 4.74 Å². The monoisotopic (exact) mass is 337 g/mol. The molecule has 6 heteroatoms. The van der Waals surface area contributed by atoms with E-state index in [9.17, 15) is 9.59 Å². The van der Waals surface area contributed by atoms with E-state index in [-0.39, 0.29) is 5.91 Å². The Labute approximate surface area is 145 Å². The molecule has 0 spiro atoms. The first-order valence-electron chi connectivity index (χ1n) is 8.10. The molecule has 1 N–H and O–H groups in total. The smallest absolute Gasteiger partial charge is 0.338 e. The molecule has 0 saturated heterocycles. The maximum absolute atomic E-state index is 12.4. The SMILES string of the molecule is CCCOC(=O)c1cccc(NC(=O)c2cn3ccc(C)cc3n2)c1. The highest BCUT2D eigenvalue weighted by Crippen LogP contribution is 2.14. The Balaban J connectivity index is 1.76. The molecular formula is C19H19N3O3. The van der Waals surface area contributed by atoms with E-state index in [4.69, 9.17) is 4.74 Å². The van der Waals surface area contributed by atoms with Crippen molar-refractivity contribution in [3.8, 4) is 0 Å². The van der Waals surface area contributed by atoms with Gasteiger partial charge in [-0.15, -0.1) is 0 Å². The van der Waals surface area contributed by atoms with Crippen LogP contribution in [0.3, 0.4) is 0 Å². The van der Waals surface area contributed by atoms with Gasteiger partial charge in [-0.1, -0.05) is 13.0 Å². The zero-order valence-electron chi connectivity index (χ0n) is 14.2. The lowest BCUT2D eigenvalue weighted by Gasteiger charge is -2.06. The number of nitrogens with one attached hydrogen (secondary N) is 1. The summed E-state index contributed by atoms with van der Waals surface area (Å²) in [5.74, 6) is -0.735. The minimum atomic E-state index is -0.402. The summed E-state index contributed by atoms with van der Waals surface area (Å²) in [4.78, 5) is 28.7. The van der Waals surface area contributed by atoms with Gasteiger partial charge in [0, 0.05) is 18.1 Å². The van der Waals surface area contributed by atoms with Crippen LogP contribution >= 0.6 is 0 Å². The molecule has 128 valence electrons. The average Bonchev–Trinajstić information content (AvgIpc) is 3.03. The summed E-state index contributed by atoms with van der Waals surface area (Å²) in [5, 5.41) is 2.76. The van der Waals surface area contributed by atoms with Crippen LogP contribution in [0.5, 0.6) is 0 Å². The Morgan fingerprint density at radius 1 is 1.24 bits per heavy atom. The second-order valence-electron chi connectivity index (χ2n) is 5.77. The van der Waals surface area contributed by atoms with Crippen LogP contribution in [0.4, 0.5) is 5.69 Å². The first-order chi connectivity index (χ1) is 12.1. The van der Waals surface area contributed by atoms with Gasteiger partial charge in [0.05, 0.1) is 12.2 Å². The summed E-state index contributed by atoms with van der Waals surface area (Å²) in [5.41, 5.74) is 3.01. The lowest BCUT2D eigenvalue weighted by molar-refractivity contribution is 0.0505. The summed E-state index contributed by atoms with van der Waals surface area (Å²) in [7, 11) is 0. The number of carbonyl (C=O) groups excluding carboxylic acids is 2. The van der Waals surface area contributed by atoms with Crippen molar-refractivity contribution in [1.82, 2.24) is 9.38 Å². The van der Waals surface area contributed by atoms with E-state index in [1.54, 1.807) is 34.9 Å². The van der Waals surface area contributed by atoms with Gasteiger partial charge in [0.25, 0.3) is 5.91 Å². The van der Waals surface area contributed by atoms with Crippen molar-refractivity contribution in [2.75, 3.05) is 11.9 Å². The number of fused-ring (bicyclic) bond motifs is 1. The largest absolute Gasteiger partial charge is 0.462 e. The maximum atomic E-state index is 12.4. The van der Waals surface area contributed by atoms with Crippen LogP contribution in [0.2, 0.25) is 0 Å². The van der Waals surface area contributed by atoms with Gasteiger partial charge in [-0.3, -0.25) is 4.79 Å². The normalized spacial score (nSPS) is 10.6. The Morgan fingerprint density at radius 3 is 2.88 bits per heavy atom. The van der Waals surface area contributed by atoms with E-state index < -0.39 is 5.97 Å². The molecule has 0 unspecified atom stereocenters. The summed E-state index contributed by atoms with van der Waals surface area (Å²) in [6.45, 7) is 4.27. The van der Waals surface area contributed by atoms with E-state index in [1.807, 2.05) is 32.2 Å². The van der Waals surface area contributed by atoms with Gasteiger partial charge in [0.1, 0.15) is 11.3 Å². The number of amides is 1. The zero-order valence-corrected chi connectivity index (χ0v) is 14.2. The molecule has 2 heterocycles. The number of benzene rings is 1. The molecule has 0 atom stereocenters. The number of pyridine rings is 1. The Kier molecular flexibility index (Phi) is 4.79. The van der Waals surface area contributed by atoms with Gasteiger partial charge in [0.15, 0.2) is 0 Å². The summed E-state index contributed by atoms with van der Waals surface area (Å²) in [6.07, 6.45) is 4.29. The number of carbonyl (C=O) groups is 2. The van der Waals surface area contributed by atoms with Gasteiger partial charge in [-0.25, -0.2) is 9.78 Å². The van der Waals surface area contributed by atoms with Crippen LogP contribution < -0.4 is 5.32 Å². The number of aryl methyl sites for hydroxylation is 1. The molecular weight excluding hydrogens is 318 g/mol. The van der Waals surface area contributed by atoms with Crippen molar-refractivity contribution in [1.29, 1.82) is 0 Å². The highest BCUT2D eigenvalue weighted by molar-refractivity contribution is 6.03. The molecule has 1 aromatic carbocycles. The van der Waals surface area contributed by atoms with Gasteiger partial charge in [-0.2, -0.15) is 0 Å². The third-order valence-electron chi connectivity index (χ3n) is 3.64. The van der Waals surface area contributed by atoms with E-state index in [0.29, 0.717) is 29.2 Å². The Hall–Kier alpha value is -3.15. The van der Waals surface area contributed by atoms with Gasteiger partial charge < -0.3 is 14.5 Å². The minimum absolute atomic E-state index is 0.310. The van der Waals surface area contributed by atoms with E-state index >= 15 is 0 Å². The van der Waals surface area contributed by atoms with Crippen LogP contribution in [0.1, 0.15) is 39.8 Å². The standard InChI is InChI=1S/C19H19N3O3/c1-3-9-25-19(24)14-5-4-6-15(11-14)20-18(23)16-12-22-8-7-13(2)10-17(22)21-16/h4-8,10-12H,3,9H2,1-2H3,(H,20,23). The molecule has 0 fully saturated rings. The molecule has 0 aliphatic rings. The minimum Gasteiger partial charge on any atom is -0.462 e. The first kappa shape index (κ1) is 16.7. The summed E-state index contributed by atoms with van der Waals surface area (Å²) >= 11 is 0.